The molecule has 5 heteroatoms. The van der Waals surface area contributed by atoms with E-state index in [0.29, 0.717) is 30.8 Å². The van der Waals surface area contributed by atoms with Crippen LogP contribution in [0.2, 0.25) is 0 Å². The van der Waals surface area contributed by atoms with Crippen molar-refractivity contribution in [1.82, 2.24) is 4.90 Å². The fraction of sp³-hybridized carbons (Fsp3) is 0.684. The first-order valence-corrected chi connectivity index (χ1v) is 8.88. The van der Waals surface area contributed by atoms with Crippen molar-refractivity contribution in [2.45, 2.75) is 38.9 Å². The van der Waals surface area contributed by atoms with E-state index >= 15 is 0 Å². The van der Waals surface area contributed by atoms with E-state index in [2.05, 4.69) is 26.8 Å². The van der Waals surface area contributed by atoms with E-state index in [1.54, 1.807) is 0 Å². The highest BCUT2D eigenvalue weighted by Crippen LogP contribution is 2.52. The summed E-state index contributed by atoms with van der Waals surface area (Å²) in [6.07, 6.45) is 6.69. The Kier molecular flexibility index (Phi) is 3.43. The molecule has 3 aliphatic heterocycles. The van der Waals surface area contributed by atoms with E-state index in [4.69, 9.17) is 4.74 Å². The molecule has 2 bridgehead atoms. The maximum Gasteiger partial charge on any atom is 0.310 e. The zero-order chi connectivity index (χ0) is 17.2. The molecule has 3 heterocycles. The number of carboxylic acid groups (broad SMARTS) is 1. The molecule has 2 fully saturated rings. The Morgan fingerprint density at radius 3 is 2.88 bits per heavy atom. The molecule has 0 saturated carbocycles. The number of hydrogen-bond acceptors (Lipinski definition) is 3. The number of ether oxygens (including phenoxy) is 1. The van der Waals surface area contributed by atoms with Gasteiger partial charge in [-0.15, -0.1) is 0 Å². The van der Waals surface area contributed by atoms with Crippen LogP contribution in [0.15, 0.2) is 23.8 Å². The summed E-state index contributed by atoms with van der Waals surface area (Å²) in [5, 5.41) is 9.53. The van der Waals surface area contributed by atoms with Gasteiger partial charge in [-0.2, -0.15) is 0 Å². The van der Waals surface area contributed by atoms with Crippen molar-refractivity contribution in [1.29, 1.82) is 0 Å². The molecule has 1 N–H and O–H groups in total. The quantitative estimate of drug-likeness (QED) is 0.804. The van der Waals surface area contributed by atoms with Crippen LogP contribution < -0.4 is 0 Å². The molecule has 1 spiro atoms. The lowest BCUT2D eigenvalue weighted by Crippen LogP contribution is -2.41. The van der Waals surface area contributed by atoms with Crippen molar-refractivity contribution >= 4 is 11.9 Å². The second-order valence-electron chi connectivity index (χ2n) is 8.17. The molecule has 0 aromatic carbocycles. The van der Waals surface area contributed by atoms with Crippen LogP contribution in [0, 0.1) is 29.6 Å². The number of rotatable bonds is 3. The minimum Gasteiger partial charge on any atom is -0.481 e. The van der Waals surface area contributed by atoms with Gasteiger partial charge in [0.25, 0.3) is 0 Å². The number of carbonyl (C=O) groups excluding carboxylic acids is 1. The normalized spacial score (nSPS) is 46.4. The lowest BCUT2D eigenvalue weighted by atomic mass is 9.75. The molecule has 7 atom stereocenters. The third-order valence-corrected chi connectivity index (χ3v) is 6.49. The van der Waals surface area contributed by atoms with Gasteiger partial charge in [0.1, 0.15) is 11.5 Å². The van der Waals surface area contributed by atoms with E-state index in [0.717, 1.165) is 6.42 Å². The molecule has 0 aromatic rings. The SMILES string of the molecule is CC1=C[C@@H](C)[C@H](CN2C[C@@]34C=C[C@H](O3)[C@H](C(=O)O)[C@H]4C2=O)[C@@H](C)C1. The molecule has 1 aliphatic carbocycles. The number of amides is 1. The van der Waals surface area contributed by atoms with E-state index in [1.807, 2.05) is 17.1 Å². The number of fused-ring (bicyclic) bond motifs is 1. The van der Waals surface area contributed by atoms with Crippen molar-refractivity contribution in [3.05, 3.63) is 23.8 Å². The van der Waals surface area contributed by atoms with Gasteiger partial charge in [0, 0.05) is 6.54 Å². The number of likely N-dealkylation sites (tertiary alicyclic amines) is 1. The largest absolute Gasteiger partial charge is 0.481 e. The number of hydrogen-bond donors (Lipinski definition) is 1. The average molecular weight is 331 g/mol. The molecule has 5 nitrogen and oxygen atoms in total. The first-order valence-electron chi connectivity index (χ1n) is 8.88. The van der Waals surface area contributed by atoms with Crippen LogP contribution in [0.4, 0.5) is 0 Å². The molecule has 4 aliphatic rings. The van der Waals surface area contributed by atoms with Gasteiger partial charge in [-0.3, -0.25) is 9.59 Å². The minimum atomic E-state index is -0.926. The van der Waals surface area contributed by atoms with E-state index < -0.39 is 29.5 Å². The van der Waals surface area contributed by atoms with Crippen LogP contribution in [0.1, 0.15) is 27.2 Å². The second-order valence-corrected chi connectivity index (χ2v) is 8.17. The predicted molar refractivity (Wildman–Crippen MR) is 88.1 cm³/mol. The lowest BCUT2D eigenvalue weighted by molar-refractivity contribution is -0.148. The van der Waals surface area contributed by atoms with Crippen LogP contribution >= 0.6 is 0 Å². The smallest absolute Gasteiger partial charge is 0.310 e. The monoisotopic (exact) mass is 331 g/mol. The van der Waals surface area contributed by atoms with Gasteiger partial charge in [-0.25, -0.2) is 0 Å². The van der Waals surface area contributed by atoms with Crippen molar-refractivity contribution in [3.8, 4) is 0 Å². The van der Waals surface area contributed by atoms with Crippen molar-refractivity contribution < 1.29 is 19.4 Å². The van der Waals surface area contributed by atoms with Gasteiger partial charge in [-0.1, -0.05) is 37.6 Å². The summed E-state index contributed by atoms with van der Waals surface area (Å²) >= 11 is 0. The summed E-state index contributed by atoms with van der Waals surface area (Å²) in [6, 6.07) is 0. The Morgan fingerprint density at radius 1 is 1.46 bits per heavy atom. The Labute approximate surface area is 142 Å². The fourth-order valence-corrected chi connectivity index (χ4v) is 5.43. The highest BCUT2D eigenvalue weighted by molar-refractivity contribution is 5.90. The van der Waals surface area contributed by atoms with E-state index in [9.17, 15) is 14.7 Å². The van der Waals surface area contributed by atoms with Gasteiger partial charge >= 0.3 is 5.97 Å². The maximum absolute atomic E-state index is 13.0. The molecule has 2 saturated heterocycles. The zero-order valence-electron chi connectivity index (χ0n) is 14.4. The average Bonchev–Trinajstić information content (AvgIpc) is 3.11. The molecule has 0 radical (unpaired) electrons. The van der Waals surface area contributed by atoms with Crippen LogP contribution in [0.25, 0.3) is 0 Å². The van der Waals surface area contributed by atoms with Gasteiger partial charge in [0.05, 0.1) is 18.6 Å². The molecule has 4 rings (SSSR count). The van der Waals surface area contributed by atoms with Crippen molar-refractivity contribution in [3.63, 3.8) is 0 Å². The molecule has 24 heavy (non-hydrogen) atoms. The van der Waals surface area contributed by atoms with Crippen molar-refractivity contribution in [2.24, 2.45) is 29.6 Å². The molecule has 0 unspecified atom stereocenters. The highest BCUT2D eigenvalue weighted by Gasteiger charge is 2.67. The van der Waals surface area contributed by atoms with Crippen LogP contribution in [0.3, 0.4) is 0 Å². The second kappa shape index (κ2) is 5.19. The summed E-state index contributed by atoms with van der Waals surface area (Å²) in [5.74, 6) is -0.893. The number of carbonyl (C=O) groups is 2. The molecule has 130 valence electrons. The van der Waals surface area contributed by atoms with Gasteiger partial charge < -0.3 is 14.7 Å². The maximum atomic E-state index is 13.0. The topological polar surface area (TPSA) is 66.8 Å². The zero-order valence-corrected chi connectivity index (χ0v) is 14.4. The van der Waals surface area contributed by atoms with E-state index in [-0.39, 0.29) is 5.91 Å². The molecule has 1 amide bonds. The first kappa shape index (κ1) is 15.9. The van der Waals surface area contributed by atoms with E-state index in [1.165, 1.54) is 5.57 Å². The number of carboxylic acids is 1. The lowest BCUT2D eigenvalue weighted by Gasteiger charge is -2.36. The summed E-state index contributed by atoms with van der Waals surface area (Å²) in [4.78, 5) is 26.5. The third kappa shape index (κ3) is 2.10. The fourth-order valence-electron chi connectivity index (χ4n) is 5.43. The van der Waals surface area contributed by atoms with Crippen LogP contribution in [0.5, 0.6) is 0 Å². The Morgan fingerprint density at radius 2 is 2.21 bits per heavy atom. The van der Waals surface area contributed by atoms with Crippen LogP contribution in [-0.4, -0.2) is 46.7 Å². The predicted octanol–water partition coefficient (Wildman–Crippen LogP) is 2.09. The standard InChI is InChI=1S/C19H25NO4/c1-10-6-11(2)13(12(3)7-10)8-20-9-19-5-4-14(24-19)15(18(22)23)16(19)17(20)21/h4-6,11-16H,7-9H2,1-3H3,(H,22,23)/t11-,12+,13+,14+,15+,16+,19-/m1/s1. The minimum absolute atomic E-state index is 0.0417. The Balaban J connectivity index is 1.56. The molecular formula is C19H25NO4. The van der Waals surface area contributed by atoms with Gasteiger partial charge in [0.15, 0.2) is 0 Å². The van der Waals surface area contributed by atoms with Crippen LogP contribution in [-0.2, 0) is 14.3 Å². The summed E-state index contributed by atoms with van der Waals surface area (Å²) < 4.78 is 5.95. The Hall–Kier alpha value is -1.62. The number of nitrogens with zero attached hydrogens (tertiary/aromatic N) is 1. The first-order chi connectivity index (χ1) is 11.3. The summed E-state index contributed by atoms with van der Waals surface area (Å²) in [5.41, 5.74) is 0.711. The highest BCUT2D eigenvalue weighted by atomic mass is 16.5. The van der Waals surface area contributed by atoms with Crippen molar-refractivity contribution in [2.75, 3.05) is 13.1 Å². The number of allylic oxidation sites excluding steroid dienone is 2. The summed E-state index contributed by atoms with van der Waals surface area (Å²) in [7, 11) is 0. The third-order valence-electron chi connectivity index (χ3n) is 6.49. The summed E-state index contributed by atoms with van der Waals surface area (Å²) in [6.45, 7) is 7.82. The molecular weight excluding hydrogens is 306 g/mol. The Bertz CT molecular complexity index is 654. The van der Waals surface area contributed by atoms with Gasteiger partial charge in [0.2, 0.25) is 5.91 Å². The number of aliphatic carboxylic acids is 1. The molecule has 0 aromatic heterocycles. The van der Waals surface area contributed by atoms with Gasteiger partial charge in [-0.05, 0) is 31.1 Å².